The van der Waals surface area contributed by atoms with Crippen LogP contribution in [-0.4, -0.2) is 21.6 Å². The zero-order chi connectivity index (χ0) is 20.5. The lowest BCUT2D eigenvalue weighted by Crippen LogP contribution is -2.04. The van der Waals surface area contributed by atoms with Gasteiger partial charge in [0.1, 0.15) is 23.5 Å². The molecule has 2 aromatic carbocycles. The molecule has 0 aliphatic heterocycles. The van der Waals surface area contributed by atoms with Crippen molar-refractivity contribution in [3.8, 4) is 17.0 Å². The molecular weight excluding hydrogens is 407 g/mol. The van der Waals surface area contributed by atoms with E-state index in [0.29, 0.717) is 15.9 Å². The van der Waals surface area contributed by atoms with E-state index in [9.17, 15) is 0 Å². The van der Waals surface area contributed by atoms with E-state index in [-0.39, 0.29) is 6.04 Å². The van der Waals surface area contributed by atoms with Crippen LogP contribution < -0.4 is 10.1 Å². The lowest BCUT2D eigenvalue weighted by atomic mass is 10.1. The smallest absolute Gasteiger partial charge is 0.146 e. The highest BCUT2D eigenvalue weighted by molar-refractivity contribution is 6.42. The van der Waals surface area contributed by atoms with Gasteiger partial charge in [0.25, 0.3) is 0 Å². The molecule has 0 unspecified atom stereocenters. The van der Waals surface area contributed by atoms with Crippen LogP contribution in [0.1, 0.15) is 19.9 Å². The van der Waals surface area contributed by atoms with E-state index in [1.807, 2.05) is 30.3 Å². The molecule has 0 aliphatic carbocycles. The van der Waals surface area contributed by atoms with E-state index >= 15 is 0 Å². The number of nitrogens with one attached hydrogen (secondary N) is 1. The fraction of sp³-hybridized carbons (Fsp3) is 0.182. The van der Waals surface area contributed by atoms with Gasteiger partial charge in [-0.3, -0.25) is 0 Å². The van der Waals surface area contributed by atoms with Crippen LogP contribution >= 0.6 is 23.2 Å². The van der Waals surface area contributed by atoms with Gasteiger partial charge in [-0.25, -0.2) is 9.97 Å². The van der Waals surface area contributed by atoms with Crippen molar-refractivity contribution in [2.75, 3.05) is 12.4 Å². The summed E-state index contributed by atoms with van der Waals surface area (Å²) in [6, 6.07) is 15.7. The number of nitrogens with zero attached hydrogens (tertiary/aromatic N) is 3. The second-order valence-electron chi connectivity index (χ2n) is 6.94. The molecule has 0 radical (unpaired) electrons. The fourth-order valence-corrected chi connectivity index (χ4v) is 3.65. The monoisotopic (exact) mass is 426 g/mol. The molecule has 7 heteroatoms. The van der Waals surface area contributed by atoms with Gasteiger partial charge in [0.15, 0.2) is 0 Å². The highest BCUT2D eigenvalue weighted by atomic mass is 35.5. The standard InChI is InChI=1S/C22H20Cl2N4O/c1-13(2)28-20(14-4-7-16(29-3)8-5-14)11-17-21(25-12-26-22(17)28)27-15-6-9-18(23)19(24)10-15/h4-13H,1-3H3,(H,25,26,27). The summed E-state index contributed by atoms with van der Waals surface area (Å²) in [7, 11) is 1.66. The van der Waals surface area contributed by atoms with Gasteiger partial charge in [-0.15, -0.1) is 0 Å². The van der Waals surface area contributed by atoms with Gasteiger partial charge in [-0.05, 0) is 67.9 Å². The average molecular weight is 427 g/mol. The summed E-state index contributed by atoms with van der Waals surface area (Å²) in [5, 5.41) is 5.26. The summed E-state index contributed by atoms with van der Waals surface area (Å²) in [6.07, 6.45) is 1.57. The highest BCUT2D eigenvalue weighted by Crippen LogP contribution is 2.35. The molecule has 5 nitrogen and oxygen atoms in total. The first-order valence-corrected chi connectivity index (χ1v) is 9.96. The molecule has 1 N–H and O–H groups in total. The predicted molar refractivity (Wildman–Crippen MR) is 120 cm³/mol. The second-order valence-corrected chi connectivity index (χ2v) is 7.75. The van der Waals surface area contributed by atoms with Crippen LogP contribution in [0.4, 0.5) is 11.5 Å². The minimum atomic E-state index is 0.220. The van der Waals surface area contributed by atoms with E-state index < -0.39 is 0 Å². The second kappa shape index (κ2) is 7.93. The Bertz CT molecular complexity index is 1170. The summed E-state index contributed by atoms with van der Waals surface area (Å²) < 4.78 is 7.49. The summed E-state index contributed by atoms with van der Waals surface area (Å²) in [5.74, 6) is 1.53. The highest BCUT2D eigenvalue weighted by Gasteiger charge is 2.17. The Kier molecular flexibility index (Phi) is 5.35. The maximum Gasteiger partial charge on any atom is 0.146 e. The van der Waals surface area contributed by atoms with Gasteiger partial charge in [-0.2, -0.15) is 0 Å². The molecule has 0 fully saturated rings. The molecule has 29 heavy (non-hydrogen) atoms. The number of ether oxygens (including phenoxy) is 1. The molecule has 0 spiro atoms. The minimum Gasteiger partial charge on any atom is -0.497 e. The first-order chi connectivity index (χ1) is 14.0. The molecule has 0 atom stereocenters. The molecule has 0 saturated heterocycles. The van der Waals surface area contributed by atoms with Gasteiger partial charge < -0.3 is 14.6 Å². The van der Waals surface area contributed by atoms with Crippen molar-refractivity contribution in [2.24, 2.45) is 0 Å². The van der Waals surface area contributed by atoms with Crippen LogP contribution in [0, 0.1) is 0 Å². The van der Waals surface area contributed by atoms with Crippen LogP contribution in [0.2, 0.25) is 10.0 Å². The molecule has 2 aromatic heterocycles. The summed E-state index contributed by atoms with van der Waals surface area (Å²) >= 11 is 12.2. The first kappa shape index (κ1) is 19.6. The van der Waals surface area contributed by atoms with Gasteiger partial charge in [-0.1, -0.05) is 23.2 Å². The van der Waals surface area contributed by atoms with Crippen molar-refractivity contribution in [3.63, 3.8) is 0 Å². The van der Waals surface area contributed by atoms with Crippen molar-refractivity contribution in [2.45, 2.75) is 19.9 Å². The number of fused-ring (bicyclic) bond motifs is 1. The van der Waals surface area contributed by atoms with Crippen LogP contribution in [0.3, 0.4) is 0 Å². The number of halogens is 2. The van der Waals surface area contributed by atoms with Gasteiger partial charge in [0, 0.05) is 11.7 Å². The van der Waals surface area contributed by atoms with Crippen molar-refractivity contribution >= 4 is 45.7 Å². The van der Waals surface area contributed by atoms with Crippen molar-refractivity contribution in [1.29, 1.82) is 0 Å². The summed E-state index contributed by atoms with van der Waals surface area (Å²) in [5.41, 5.74) is 3.82. The first-order valence-electron chi connectivity index (χ1n) is 9.20. The minimum absolute atomic E-state index is 0.220. The normalized spacial score (nSPS) is 11.2. The lowest BCUT2D eigenvalue weighted by Gasteiger charge is -2.14. The van der Waals surface area contributed by atoms with E-state index in [1.54, 1.807) is 25.6 Å². The number of aromatic nitrogens is 3. The Balaban J connectivity index is 1.84. The summed E-state index contributed by atoms with van der Waals surface area (Å²) in [6.45, 7) is 4.28. The quantitative estimate of drug-likeness (QED) is 0.383. The van der Waals surface area contributed by atoms with Crippen LogP contribution in [0.5, 0.6) is 5.75 Å². The topological polar surface area (TPSA) is 52.0 Å². The summed E-state index contributed by atoms with van der Waals surface area (Å²) in [4.78, 5) is 9.01. The molecule has 0 saturated carbocycles. The molecule has 4 rings (SSSR count). The zero-order valence-corrected chi connectivity index (χ0v) is 17.8. The third kappa shape index (κ3) is 3.76. The van der Waals surface area contributed by atoms with E-state index in [0.717, 1.165) is 33.7 Å². The van der Waals surface area contributed by atoms with E-state index in [4.69, 9.17) is 27.9 Å². The maximum absolute atomic E-state index is 6.15. The van der Waals surface area contributed by atoms with Crippen LogP contribution in [-0.2, 0) is 0 Å². The van der Waals surface area contributed by atoms with Crippen molar-refractivity contribution in [1.82, 2.24) is 14.5 Å². The number of benzene rings is 2. The molecule has 4 aromatic rings. The Hall–Kier alpha value is -2.76. The Morgan fingerprint density at radius 3 is 2.38 bits per heavy atom. The zero-order valence-electron chi connectivity index (χ0n) is 16.3. The van der Waals surface area contributed by atoms with Gasteiger partial charge >= 0.3 is 0 Å². The molecule has 0 amide bonds. The van der Waals surface area contributed by atoms with Crippen LogP contribution in [0.25, 0.3) is 22.3 Å². The van der Waals surface area contributed by atoms with Crippen LogP contribution in [0.15, 0.2) is 54.9 Å². The average Bonchev–Trinajstić information content (AvgIpc) is 3.12. The van der Waals surface area contributed by atoms with Gasteiger partial charge in [0.05, 0.1) is 28.2 Å². The number of anilines is 2. The number of methoxy groups -OCH3 is 1. The largest absolute Gasteiger partial charge is 0.497 e. The Morgan fingerprint density at radius 2 is 1.72 bits per heavy atom. The van der Waals surface area contributed by atoms with Gasteiger partial charge in [0.2, 0.25) is 0 Å². The van der Waals surface area contributed by atoms with Crippen molar-refractivity contribution in [3.05, 3.63) is 64.9 Å². The SMILES string of the molecule is COc1ccc(-c2cc3c(Nc4ccc(Cl)c(Cl)c4)ncnc3n2C(C)C)cc1. The lowest BCUT2D eigenvalue weighted by molar-refractivity contribution is 0.415. The molecular formula is C22H20Cl2N4O. The van der Waals surface area contributed by atoms with E-state index in [2.05, 4.69) is 39.8 Å². The third-order valence-electron chi connectivity index (χ3n) is 4.72. The number of rotatable bonds is 5. The number of hydrogen-bond donors (Lipinski definition) is 1. The third-order valence-corrected chi connectivity index (χ3v) is 5.46. The Morgan fingerprint density at radius 1 is 0.966 bits per heavy atom. The number of hydrogen-bond acceptors (Lipinski definition) is 4. The fourth-order valence-electron chi connectivity index (χ4n) is 3.35. The molecule has 0 aliphatic rings. The van der Waals surface area contributed by atoms with E-state index in [1.165, 1.54) is 0 Å². The molecule has 0 bridgehead atoms. The molecule has 2 heterocycles. The van der Waals surface area contributed by atoms with Crippen molar-refractivity contribution < 1.29 is 4.74 Å². The Labute approximate surface area is 179 Å². The maximum atomic E-state index is 6.15. The molecule has 148 valence electrons. The predicted octanol–water partition coefficient (Wildman–Crippen LogP) is 6.74.